The van der Waals surface area contributed by atoms with E-state index >= 15 is 0 Å². The zero-order valence-electron chi connectivity index (χ0n) is 11.0. The number of aliphatic imine (C=N–C) groups is 1. The van der Waals surface area contributed by atoms with E-state index in [1.165, 1.54) is 5.56 Å². The molecule has 1 aliphatic rings. The van der Waals surface area contributed by atoms with Gasteiger partial charge >= 0.3 is 0 Å². The minimum absolute atomic E-state index is 0.808. The van der Waals surface area contributed by atoms with Crippen molar-refractivity contribution >= 4 is 17.7 Å². The van der Waals surface area contributed by atoms with Gasteiger partial charge < -0.3 is 10.2 Å². The van der Waals surface area contributed by atoms with Crippen molar-refractivity contribution in [2.45, 2.75) is 24.9 Å². The molecule has 98 valence electrons. The van der Waals surface area contributed by atoms with Gasteiger partial charge in [-0.15, -0.1) is 11.8 Å². The smallest absolute Gasteiger partial charge is 0.193 e. The number of nitrogens with zero attached hydrogens (tertiary/aromatic N) is 3. The fourth-order valence-corrected chi connectivity index (χ4v) is 2.54. The summed E-state index contributed by atoms with van der Waals surface area (Å²) in [6.07, 6.45) is 3.02. The topological polar surface area (TPSA) is 40.5 Å². The van der Waals surface area contributed by atoms with Gasteiger partial charge in [-0.3, -0.25) is 4.99 Å². The van der Waals surface area contributed by atoms with Crippen molar-refractivity contribution in [3.8, 4) is 0 Å². The molecular formula is C13H20N4S. The van der Waals surface area contributed by atoms with Gasteiger partial charge in [-0.1, -0.05) is 6.92 Å². The third-order valence-corrected chi connectivity index (χ3v) is 3.62. The van der Waals surface area contributed by atoms with Gasteiger partial charge in [0.25, 0.3) is 0 Å². The van der Waals surface area contributed by atoms with Crippen LogP contribution in [0.4, 0.5) is 0 Å². The molecule has 2 heterocycles. The molecule has 1 N–H and O–H groups in total. The molecule has 0 saturated heterocycles. The molecule has 2 rings (SSSR count). The molecule has 1 aromatic rings. The Morgan fingerprint density at radius 1 is 1.50 bits per heavy atom. The second-order valence-corrected chi connectivity index (χ2v) is 5.55. The Morgan fingerprint density at radius 3 is 3.17 bits per heavy atom. The molecule has 0 saturated carbocycles. The van der Waals surface area contributed by atoms with Gasteiger partial charge in [0.1, 0.15) is 0 Å². The number of hydrogen-bond donors (Lipinski definition) is 1. The molecule has 0 fully saturated rings. The van der Waals surface area contributed by atoms with Gasteiger partial charge in [0.05, 0.1) is 5.03 Å². The SMILES string of the molecule is CCSc1cc(CNC2=NCCCN2C)ccn1. The Bertz CT molecular complexity index is 419. The Hall–Kier alpha value is -1.23. The van der Waals surface area contributed by atoms with E-state index in [0.29, 0.717) is 0 Å². The van der Waals surface area contributed by atoms with E-state index in [-0.39, 0.29) is 0 Å². The van der Waals surface area contributed by atoms with Crippen LogP contribution in [0.15, 0.2) is 28.3 Å². The molecule has 0 amide bonds. The Labute approximate surface area is 113 Å². The monoisotopic (exact) mass is 264 g/mol. The number of guanidine groups is 1. The number of thioether (sulfide) groups is 1. The van der Waals surface area contributed by atoms with Crippen LogP contribution >= 0.6 is 11.8 Å². The highest BCUT2D eigenvalue weighted by atomic mass is 32.2. The summed E-state index contributed by atoms with van der Waals surface area (Å²) in [5.74, 6) is 2.06. The fraction of sp³-hybridized carbons (Fsp3) is 0.538. The fourth-order valence-electron chi connectivity index (χ4n) is 1.88. The van der Waals surface area contributed by atoms with Crippen molar-refractivity contribution in [3.05, 3.63) is 23.9 Å². The molecule has 0 aromatic carbocycles. The molecule has 0 atom stereocenters. The first-order chi connectivity index (χ1) is 8.79. The summed E-state index contributed by atoms with van der Waals surface area (Å²) in [6, 6.07) is 4.20. The standard InChI is InChI=1S/C13H20N4S/c1-3-18-12-9-11(5-7-14-12)10-16-13-15-6-4-8-17(13)2/h5,7,9H,3-4,6,8,10H2,1-2H3,(H,15,16). The van der Waals surface area contributed by atoms with Crippen molar-refractivity contribution in [2.24, 2.45) is 4.99 Å². The van der Waals surface area contributed by atoms with Gasteiger partial charge in [-0.05, 0) is 29.9 Å². The van der Waals surface area contributed by atoms with Crippen molar-refractivity contribution in [1.29, 1.82) is 0 Å². The summed E-state index contributed by atoms with van der Waals surface area (Å²) in [4.78, 5) is 11.0. The maximum Gasteiger partial charge on any atom is 0.193 e. The molecule has 1 aliphatic heterocycles. The Balaban J connectivity index is 1.93. The quantitative estimate of drug-likeness (QED) is 0.844. The van der Waals surface area contributed by atoms with Crippen LogP contribution in [0.25, 0.3) is 0 Å². The lowest BCUT2D eigenvalue weighted by molar-refractivity contribution is 0.446. The molecule has 18 heavy (non-hydrogen) atoms. The largest absolute Gasteiger partial charge is 0.352 e. The molecule has 0 spiro atoms. The molecule has 0 aliphatic carbocycles. The molecule has 5 heteroatoms. The van der Waals surface area contributed by atoms with Crippen LogP contribution in [0, 0.1) is 0 Å². The summed E-state index contributed by atoms with van der Waals surface area (Å²) in [5.41, 5.74) is 1.25. The zero-order chi connectivity index (χ0) is 12.8. The summed E-state index contributed by atoms with van der Waals surface area (Å²) < 4.78 is 0. The molecular weight excluding hydrogens is 244 g/mol. The number of hydrogen-bond acceptors (Lipinski definition) is 5. The lowest BCUT2D eigenvalue weighted by Crippen LogP contribution is -2.41. The Kier molecular flexibility index (Phi) is 4.87. The molecule has 4 nitrogen and oxygen atoms in total. The van der Waals surface area contributed by atoms with E-state index in [1.807, 2.05) is 6.20 Å². The summed E-state index contributed by atoms with van der Waals surface area (Å²) in [7, 11) is 2.08. The van der Waals surface area contributed by atoms with Gasteiger partial charge in [0, 0.05) is 32.9 Å². The minimum Gasteiger partial charge on any atom is -0.352 e. The van der Waals surface area contributed by atoms with Gasteiger partial charge in [-0.2, -0.15) is 0 Å². The highest BCUT2D eigenvalue weighted by Gasteiger charge is 2.10. The van der Waals surface area contributed by atoms with Gasteiger partial charge in [0.15, 0.2) is 5.96 Å². The molecule has 1 aromatic heterocycles. The first-order valence-electron chi connectivity index (χ1n) is 6.37. The molecule has 0 radical (unpaired) electrons. The average Bonchev–Trinajstić information content (AvgIpc) is 2.39. The van der Waals surface area contributed by atoms with E-state index in [2.05, 4.69) is 46.3 Å². The maximum atomic E-state index is 4.49. The second-order valence-electron chi connectivity index (χ2n) is 4.27. The van der Waals surface area contributed by atoms with Gasteiger partial charge in [-0.25, -0.2) is 4.98 Å². The minimum atomic E-state index is 0.808. The van der Waals surface area contributed by atoms with Crippen LogP contribution in [-0.2, 0) is 6.54 Å². The van der Waals surface area contributed by atoms with Crippen LogP contribution in [0.2, 0.25) is 0 Å². The molecule has 0 unspecified atom stereocenters. The first kappa shape index (κ1) is 13.2. The maximum absolute atomic E-state index is 4.49. The van der Waals surface area contributed by atoms with E-state index in [9.17, 15) is 0 Å². The Morgan fingerprint density at radius 2 is 2.39 bits per heavy atom. The number of nitrogens with one attached hydrogen (secondary N) is 1. The van der Waals surface area contributed by atoms with Crippen LogP contribution in [0.3, 0.4) is 0 Å². The van der Waals surface area contributed by atoms with Crippen LogP contribution < -0.4 is 5.32 Å². The predicted molar refractivity (Wildman–Crippen MR) is 77.0 cm³/mol. The third-order valence-electron chi connectivity index (χ3n) is 2.82. The highest BCUT2D eigenvalue weighted by Crippen LogP contribution is 2.15. The van der Waals surface area contributed by atoms with E-state index in [1.54, 1.807) is 11.8 Å². The van der Waals surface area contributed by atoms with Crippen molar-refractivity contribution < 1.29 is 0 Å². The summed E-state index contributed by atoms with van der Waals surface area (Å²) in [5, 5.41) is 4.49. The number of aromatic nitrogens is 1. The second kappa shape index (κ2) is 6.64. The first-order valence-corrected chi connectivity index (χ1v) is 7.35. The summed E-state index contributed by atoms with van der Waals surface area (Å²) >= 11 is 1.77. The lowest BCUT2D eigenvalue weighted by atomic mass is 10.3. The number of pyridine rings is 1. The van der Waals surface area contributed by atoms with Crippen LogP contribution in [0.1, 0.15) is 18.9 Å². The molecule has 0 bridgehead atoms. The van der Waals surface area contributed by atoms with E-state index in [0.717, 1.165) is 42.8 Å². The summed E-state index contributed by atoms with van der Waals surface area (Å²) in [6.45, 7) is 4.96. The van der Waals surface area contributed by atoms with Crippen molar-refractivity contribution in [2.75, 3.05) is 25.9 Å². The average molecular weight is 264 g/mol. The highest BCUT2D eigenvalue weighted by molar-refractivity contribution is 7.99. The van der Waals surface area contributed by atoms with Gasteiger partial charge in [0.2, 0.25) is 0 Å². The normalized spacial score (nSPS) is 15.4. The van der Waals surface area contributed by atoms with E-state index in [4.69, 9.17) is 0 Å². The zero-order valence-corrected chi connectivity index (χ0v) is 11.8. The predicted octanol–water partition coefficient (Wildman–Crippen LogP) is 1.97. The van der Waals surface area contributed by atoms with Crippen molar-refractivity contribution in [3.63, 3.8) is 0 Å². The number of rotatable bonds is 4. The van der Waals surface area contributed by atoms with Crippen molar-refractivity contribution in [1.82, 2.24) is 15.2 Å². The van der Waals surface area contributed by atoms with Crippen LogP contribution in [0.5, 0.6) is 0 Å². The van der Waals surface area contributed by atoms with E-state index < -0.39 is 0 Å². The third kappa shape index (κ3) is 3.63. The lowest BCUT2D eigenvalue weighted by Gasteiger charge is -2.25. The van der Waals surface area contributed by atoms with Crippen LogP contribution in [-0.4, -0.2) is 41.7 Å².